The maximum absolute atomic E-state index is 11.6. The topological polar surface area (TPSA) is 54.7 Å². The van der Waals surface area contributed by atoms with Gasteiger partial charge in [-0.3, -0.25) is 9.69 Å². The van der Waals surface area contributed by atoms with Crippen LogP contribution in [0.3, 0.4) is 0 Å². The zero-order chi connectivity index (χ0) is 13.5. The third kappa shape index (κ3) is 4.81. The quantitative estimate of drug-likeness (QED) is 0.873. The second-order valence-electron chi connectivity index (χ2n) is 4.73. The van der Waals surface area contributed by atoms with E-state index in [4.69, 9.17) is 9.15 Å². The lowest BCUT2D eigenvalue weighted by Crippen LogP contribution is -2.43. The molecule has 5 nitrogen and oxygen atoms in total. The summed E-state index contributed by atoms with van der Waals surface area (Å²) in [7, 11) is 0. The van der Waals surface area contributed by atoms with E-state index in [1.54, 1.807) is 6.26 Å². The number of carbonyl (C=O) groups is 1. The summed E-state index contributed by atoms with van der Waals surface area (Å²) >= 11 is 0. The Hall–Kier alpha value is -1.04. The van der Waals surface area contributed by atoms with Crippen LogP contribution in [0.1, 0.15) is 31.6 Å². The molecule has 1 aliphatic rings. The zero-order valence-electron chi connectivity index (χ0n) is 11.8. The van der Waals surface area contributed by atoms with Gasteiger partial charge in [0.15, 0.2) is 0 Å². The molecule has 1 aromatic rings. The van der Waals surface area contributed by atoms with Crippen LogP contribution in [0, 0.1) is 0 Å². The molecule has 0 saturated carbocycles. The van der Waals surface area contributed by atoms with Crippen LogP contribution in [0.2, 0.25) is 0 Å². The standard InChI is InChI=1S/C14H22N2O3.ClH/c1-2-4-14(17)15-11-12(13-5-3-8-19-13)16-6-9-18-10-7-16;/h3,5,8,12H,2,4,6-7,9-11H2,1H3,(H,15,17);1H. The summed E-state index contributed by atoms with van der Waals surface area (Å²) in [6.45, 7) is 5.81. The molecule has 1 atom stereocenters. The minimum Gasteiger partial charge on any atom is -0.468 e. The smallest absolute Gasteiger partial charge is 0.220 e. The molecule has 20 heavy (non-hydrogen) atoms. The van der Waals surface area contributed by atoms with E-state index in [0.29, 0.717) is 13.0 Å². The number of amides is 1. The van der Waals surface area contributed by atoms with Crippen molar-refractivity contribution in [1.82, 2.24) is 10.2 Å². The van der Waals surface area contributed by atoms with Gasteiger partial charge >= 0.3 is 0 Å². The van der Waals surface area contributed by atoms with Crippen LogP contribution in [-0.4, -0.2) is 43.7 Å². The fourth-order valence-corrected chi connectivity index (χ4v) is 2.31. The molecule has 1 fully saturated rings. The van der Waals surface area contributed by atoms with Crippen LogP contribution in [0.5, 0.6) is 0 Å². The van der Waals surface area contributed by atoms with Gasteiger partial charge in [0.2, 0.25) is 5.91 Å². The van der Waals surface area contributed by atoms with E-state index in [-0.39, 0.29) is 24.4 Å². The predicted molar refractivity (Wildman–Crippen MR) is 79.0 cm³/mol. The molecule has 0 radical (unpaired) electrons. The van der Waals surface area contributed by atoms with Crippen molar-refractivity contribution in [2.24, 2.45) is 0 Å². The third-order valence-corrected chi connectivity index (χ3v) is 3.33. The van der Waals surface area contributed by atoms with E-state index >= 15 is 0 Å². The molecule has 114 valence electrons. The Balaban J connectivity index is 0.00000200. The Bertz CT molecular complexity index is 378. The van der Waals surface area contributed by atoms with Crippen LogP contribution in [-0.2, 0) is 9.53 Å². The molecule has 0 aromatic carbocycles. The number of morpholine rings is 1. The second-order valence-corrected chi connectivity index (χ2v) is 4.73. The van der Waals surface area contributed by atoms with Crippen molar-refractivity contribution in [3.8, 4) is 0 Å². The van der Waals surface area contributed by atoms with Crippen molar-refractivity contribution in [3.05, 3.63) is 24.2 Å². The van der Waals surface area contributed by atoms with E-state index in [9.17, 15) is 4.79 Å². The summed E-state index contributed by atoms with van der Waals surface area (Å²) in [5, 5.41) is 2.99. The number of furan rings is 1. The molecule has 0 bridgehead atoms. The summed E-state index contributed by atoms with van der Waals surface area (Å²) in [4.78, 5) is 13.9. The fourth-order valence-electron chi connectivity index (χ4n) is 2.31. The first-order valence-corrected chi connectivity index (χ1v) is 6.93. The molecule has 2 rings (SSSR count). The lowest BCUT2D eigenvalue weighted by atomic mass is 10.1. The number of nitrogens with one attached hydrogen (secondary N) is 1. The highest BCUT2D eigenvalue weighted by Crippen LogP contribution is 2.21. The van der Waals surface area contributed by atoms with Gasteiger partial charge in [0.25, 0.3) is 0 Å². The largest absolute Gasteiger partial charge is 0.468 e. The van der Waals surface area contributed by atoms with Gasteiger partial charge in [0, 0.05) is 26.1 Å². The number of rotatable bonds is 6. The Morgan fingerprint density at radius 3 is 2.80 bits per heavy atom. The summed E-state index contributed by atoms with van der Waals surface area (Å²) in [6, 6.07) is 3.95. The molecule has 2 heterocycles. The van der Waals surface area contributed by atoms with Gasteiger partial charge < -0.3 is 14.5 Å². The summed E-state index contributed by atoms with van der Waals surface area (Å²) < 4.78 is 10.9. The number of hydrogen-bond acceptors (Lipinski definition) is 4. The second kappa shape index (κ2) is 9.00. The monoisotopic (exact) mass is 302 g/mol. The van der Waals surface area contributed by atoms with E-state index < -0.39 is 0 Å². The minimum absolute atomic E-state index is 0. The molecule has 1 N–H and O–H groups in total. The normalized spacial score (nSPS) is 17.2. The first-order valence-electron chi connectivity index (χ1n) is 6.93. The van der Waals surface area contributed by atoms with Crippen molar-refractivity contribution in [1.29, 1.82) is 0 Å². The number of hydrogen-bond donors (Lipinski definition) is 1. The number of halogens is 1. The predicted octanol–water partition coefficient (Wildman–Crippen LogP) is 1.99. The highest BCUT2D eigenvalue weighted by atomic mass is 35.5. The SMILES string of the molecule is CCCC(=O)NCC(c1ccco1)N1CCOCC1.Cl. The van der Waals surface area contributed by atoms with E-state index in [2.05, 4.69) is 10.2 Å². The van der Waals surface area contributed by atoms with Crippen LogP contribution in [0.4, 0.5) is 0 Å². The van der Waals surface area contributed by atoms with Crippen molar-refractivity contribution in [3.63, 3.8) is 0 Å². The third-order valence-electron chi connectivity index (χ3n) is 3.33. The maximum atomic E-state index is 11.6. The molecule has 1 aromatic heterocycles. The molecule has 0 spiro atoms. The molecule has 1 aliphatic heterocycles. The Kier molecular flexibility index (Phi) is 7.65. The van der Waals surface area contributed by atoms with Crippen LogP contribution < -0.4 is 5.32 Å². The van der Waals surface area contributed by atoms with Crippen molar-refractivity contribution < 1.29 is 13.9 Å². The summed E-state index contributed by atoms with van der Waals surface area (Å²) in [6.07, 6.45) is 3.12. The van der Waals surface area contributed by atoms with Crippen molar-refractivity contribution in [2.45, 2.75) is 25.8 Å². The van der Waals surface area contributed by atoms with Gasteiger partial charge in [0.05, 0.1) is 25.5 Å². The zero-order valence-corrected chi connectivity index (χ0v) is 12.7. The van der Waals surface area contributed by atoms with Crippen LogP contribution in [0.15, 0.2) is 22.8 Å². The molecule has 1 saturated heterocycles. The van der Waals surface area contributed by atoms with Gasteiger partial charge in [-0.2, -0.15) is 0 Å². The Morgan fingerprint density at radius 1 is 1.45 bits per heavy atom. The molecule has 6 heteroatoms. The average molecular weight is 303 g/mol. The van der Waals surface area contributed by atoms with Gasteiger partial charge in [0.1, 0.15) is 5.76 Å². The van der Waals surface area contributed by atoms with Gasteiger partial charge in [-0.05, 0) is 18.6 Å². The van der Waals surface area contributed by atoms with Gasteiger partial charge in [-0.25, -0.2) is 0 Å². The molecule has 0 aliphatic carbocycles. The lowest BCUT2D eigenvalue weighted by molar-refractivity contribution is -0.121. The summed E-state index contributed by atoms with van der Waals surface area (Å²) in [5.41, 5.74) is 0. The Labute approximate surface area is 126 Å². The molecule has 1 amide bonds. The minimum atomic E-state index is 0. The maximum Gasteiger partial charge on any atom is 0.220 e. The molecular weight excluding hydrogens is 280 g/mol. The fraction of sp³-hybridized carbons (Fsp3) is 0.643. The number of ether oxygens (including phenoxy) is 1. The van der Waals surface area contributed by atoms with Crippen LogP contribution in [0.25, 0.3) is 0 Å². The lowest BCUT2D eigenvalue weighted by Gasteiger charge is -2.33. The van der Waals surface area contributed by atoms with E-state index in [1.165, 1.54) is 0 Å². The van der Waals surface area contributed by atoms with Gasteiger partial charge in [-0.15, -0.1) is 12.4 Å². The molecular formula is C14H23ClN2O3. The van der Waals surface area contributed by atoms with E-state index in [0.717, 1.165) is 38.5 Å². The van der Waals surface area contributed by atoms with Crippen molar-refractivity contribution in [2.75, 3.05) is 32.8 Å². The highest BCUT2D eigenvalue weighted by molar-refractivity contribution is 5.85. The van der Waals surface area contributed by atoms with Crippen molar-refractivity contribution >= 4 is 18.3 Å². The summed E-state index contributed by atoms with van der Waals surface area (Å²) in [5.74, 6) is 1.01. The Morgan fingerprint density at radius 2 is 2.20 bits per heavy atom. The number of carbonyl (C=O) groups excluding carboxylic acids is 1. The first-order chi connectivity index (χ1) is 9.31. The van der Waals surface area contributed by atoms with E-state index in [1.807, 2.05) is 19.1 Å². The first kappa shape index (κ1) is 17.0. The van der Waals surface area contributed by atoms with Gasteiger partial charge in [-0.1, -0.05) is 6.92 Å². The average Bonchev–Trinajstić information content (AvgIpc) is 2.94. The molecule has 1 unspecified atom stereocenters. The van der Waals surface area contributed by atoms with Crippen LogP contribution >= 0.6 is 12.4 Å². The highest BCUT2D eigenvalue weighted by Gasteiger charge is 2.24. The number of nitrogens with zero attached hydrogens (tertiary/aromatic N) is 1.